The molecule has 0 atom stereocenters. The number of hydrogen-bond donors (Lipinski definition) is 2. The molecule has 1 aromatic rings. The third-order valence-corrected chi connectivity index (χ3v) is 3.60. The number of rotatable bonds is 7. The fraction of sp³-hybridized carbons (Fsp3) is 0.533. The van der Waals surface area contributed by atoms with E-state index in [1.807, 2.05) is 0 Å². The fourth-order valence-corrected chi connectivity index (χ4v) is 2.12. The standard InChI is InChI=1S/C15H19F2NO3/c16-11-4-5-13(12(17)9-11)21-8-1-3-14(19)18-10-15(20)6-2-7-15/h4-5,9,20H,1-3,6-8,10H2,(H,18,19). The van der Waals surface area contributed by atoms with Gasteiger partial charge in [-0.15, -0.1) is 0 Å². The van der Waals surface area contributed by atoms with Gasteiger partial charge in [0.1, 0.15) is 5.82 Å². The van der Waals surface area contributed by atoms with Gasteiger partial charge < -0.3 is 15.2 Å². The van der Waals surface area contributed by atoms with Crippen molar-refractivity contribution in [2.24, 2.45) is 0 Å². The van der Waals surface area contributed by atoms with Crippen LogP contribution in [0, 0.1) is 11.6 Å². The Hall–Kier alpha value is -1.69. The van der Waals surface area contributed by atoms with Crippen molar-refractivity contribution in [3.05, 3.63) is 29.8 Å². The highest BCUT2D eigenvalue weighted by Gasteiger charge is 2.34. The Morgan fingerprint density at radius 2 is 2.14 bits per heavy atom. The summed E-state index contributed by atoms with van der Waals surface area (Å²) in [5.41, 5.74) is -0.733. The van der Waals surface area contributed by atoms with Crippen molar-refractivity contribution in [2.45, 2.75) is 37.7 Å². The first kappa shape index (κ1) is 15.7. The lowest BCUT2D eigenvalue weighted by Crippen LogP contribution is -2.47. The van der Waals surface area contributed by atoms with E-state index in [0.29, 0.717) is 6.42 Å². The molecule has 116 valence electrons. The van der Waals surface area contributed by atoms with E-state index in [4.69, 9.17) is 4.74 Å². The minimum atomic E-state index is -0.758. The van der Waals surface area contributed by atoms with Crippen LogP contribution in [0.15, 0.2) is 18.2 Å². The second kappa shape index (κ2) is 6.85. The molecule has 0 bridgehead atoms. The molecule has 6 heteroatoms. The minimum absolute atomic E-state index is 0.0272. The zero-order chi connectivity index (χ0) is 15.3. The smallest absolute Gasteiger partial charge is 0.220 e. The van der Waals surface area contributed by atoms with Crippen LogP contribution in [0.4, 0.5) is 8.78 Å². The Morgan fingerprint density at radius 1 is 1.38 bits per heavy atom. The van der Waals surface area contributed by atoms with Gasteiger partial charge >= 0.3 is 0 Å². The van der Waals surface area contributed by atoms with Gasteiger partial charge in [0.2, 0.25) is 5.91 Å². The van der Waals surface area contributed by atoms with E-state index in [0.717, 1.165) is 31.4 Å². The van der Waals surface area contributed by atoms with Gasteiger partial charge in [-0.2, -0.15) is 0 Å². The van der Waals surface area contributed by atoms with E-state index in [1.165, 1.54) is 6.07 Å². The molecule has 1 aliphatic carbocycles. The topological polar surface area (TPSA) is 58.6 Å². The number of carbonyl (C=O) groups is 1. The quantitative estimate of drug-likeness (QED) is 0.759. The lowest BCUT2D eigenvalue weighted by atomic mass is 9.80. The summed E-state index contributed by atoms with van der Waals surface area (Å²) in [6, 6.07) is 3.09. The summed E-state index contributed by atoms with van der Waals surface area (Å²) >= 11 is 0. The highest BCUT2D eigenvalue weighted by molar-refractivity contribution is 5.75. The highest BCUT2D eigenvalue weighted by Crippen LogP contribution is 2.30. The average Bonchev–Trinajstić information content (AvgIpc) is 2.41. The number of nitrogens with one attached hydrogen (secondary N) is 1. The van der Waals surface area contributed by atoms with Gasteiger partial charge in [0, 0.05) is 19.0 Å². The molecule has 1 fully saturated rings. The summed E-state index contributed by atoms with van der Waals surface area (Å²) in [6.45, 7) is 0.444. The van der Waals surface area contributed by atoms with Crippen LogP contribution >= 0.6 is 0 Å². The van der Waals surface area contributed by atoms with Crippen LogP contribution in [0.3, 0.4) is 0 Å². The first-order chi connectivity index (χ1) is 9.98. The molecule has 1 aliphatic rings. The molecule has 21 heavy (non-hydrogen) atoms. The predicted molar refractivity (Wildman–Crippen MR) is 72.9 cm³/mol. The predicted octanol–water partition coefficient (Wildman–Crippen LogP) is 2.16. The Kier molecular flexibility index (Phi) is 5.12. The third kappa shape index (κ3) is 4.67. The first-order valence-corrected chi connectivity index (χ1v) is 7.05. The summed E-state index contributed by atoms with van der Waals surface area (Å²) in [5, 5.41) is 12.5. The molecule has 0 heterocycles. The van der Waals surface area contributed by atoms with Crippen LogP contribution in [0.5, 0.6) is 5.75 Å². The van der Waals surface area contributed by atoms with Crippen molar-refractivity contribution < 1.29 is 23.4 Å². The Labute approximate surface area is 122 Å². The van der Waals surface area contributed by atoms with E-state index in [2.05, 4.69) is 5.32 Å². The largest absolute Gasteiger partial charge is 0.491 e. The average molecular weight is 299 g/mol. The lowest BCUT2D eigenvalue weighted by Gasteiger charge is -2.36. The summed E-state index contributed by atoms with van der Waals surface area (Å²) in [5.74, 6) is -1.61. The van der Waals surface area contributed by atoms with Crippen LogP contribution < -0.4 is 10.1 Å². The number of aliphatic hydroxyl groups is 1. The maximum absolute atomic E-state index is 13.3. The van der Waals surface area contributed by atoms with Crippen molar-refractivity contribution in [3.8, 4) is 5.75 Å². The van der Waals surface area contributed by atoms with Crippen LogP contribution in [-0.2, 0) is 4.79 Å². The van der Waals surface area contributed by atoms with Crippen LogP contribution in [-0.4, -0.2) is 29.8 Å². The second-order valence-corrected chi connectivity index (χ2v) is 5.38. The van der Waals surface area contributed by atoms with Crippen molar-refractivity contribution >= 4 is 5.91 Å². The van der Waals surface area contributed by atoms with Gasteiger partial charge in [-0.3, -0.25) is 4.79 Å². The highest BCUT2D eigenvalue weighted by atomic mass is 19.1. The molecule has 2 N–H and O–H groups in total. The second-order valence-electron chi connectivity index (χ2n) is 5.38. The molecule has 1 saturated carbocycles. The SMILES string of the molecule is O=C(CCCOc1ccc(F)cc1F)NCC1(O)CCC1. The zero-order valence-corrected chi connectivity index (χ0v) is 11.7. The molecular weight excluding hydrogens is 280 g/mol. The van der Waals surface area contributed by atoms with E-state index in [9.17, 15) is 18.7 Å². The van der Waals surface area contributed by atoms with Crippen molar-refractivity contribution in [3.63, 3.8) is 0 Å². The van der Waals surface area contributed by atoms with E-state index < -0.39 is 17.2 Å². The van der Waals surface area contributed by atoms with Gasteiger partial charge in [0.05, 0.1) is 12.2 Å². The van der Waals surface area contributed by atoms with Gasteiger partial charge in [-0.25, -0.2) is 8.78 Å². The van der Waals surface area contributed by atoms with Crippen molar-refractivity contribution in [1.82, 2.24) is 5.32 Å². The van der Waals surface area contributed by atoms with Gasteiger partial charge in [-0.05, 0) is 37.8 Å². The molecule has 1 amide bonds. The molecule has 0 spiro atoms. The maximum Gasteiger partial charge on any atom is 0.220 e. The van der Waals surface area contributed by atoms with Crippen LogP contribution in [0.25, 0.3) is 0 Å². The molecule has 0 saturated heterocycles. The number of benzene rings is 1. The summed E-state index contributed by atoms with van der Waals surface area (Å²) in [4.78, 5) is 11.6. The first-order valence-electron chi connectivity index (χ1n) is 7.05. The van der Waals surface area contributed by atoms with E-state index in [-0.39, 0.29) is 31.2 Å². The molecule has 0 aromatic heterocycles. The Balaban J connectivity index is 1.61. The maximum atomic E-state index is 13.3. The van der Waals surface area contributed by atoms with Crippen LogP contribution in [0.2, 0.25) is 0 Å². The molecule has 0 aliphatic heterocycles. The van der Waals surface area contributed by atoms with Crippen LogP contribution in [0.1, 0.15) is 32.1 Å². The lowest BCUT2D eigenvalue weighted by molar-refractivity contribution is -0.123. The molecule has 1 aromatic carbocycles. The molecule has 0 unspecified atom stereocenters. The normalized spacial score (nSPS) is 16.1. The Morgan fingerprint density at radius 3 is 2.76 bits per heavy atom. The number of ether oxygens (including phenoxy) is 1. The van der Waals surface area contributed by atoms with Crippen molar-refractivity contribution in [1.29, 1.82) is 0 Å². The monoisotopic (exact) mass is 299 g/mol. The molecular formula is C15H19F2NO3. The van der Waals surface area contributed by atoms with Gasteiger partial charge in [-0.1, -0.05) is 0 Å². The number of carbonyl (C=O) groups excluding carboxylic acids is 1. The minimum Gasteiger partial charge on any atom is -0.491 e. The summed E-state index contributed by atoms with van der Waals surface area (Å²) < 4.78 is 31.1. The number of hydrogen-bond acceptors (Lipinski definition) is 3. The molecule has 2 rings (SSSR count). The Bertz CT molecular complexity index is 504. The van der Waals surface area contributed by atoms with Gasteiger partial charge in [0.25, 0.3) is 0 Å². The molecule has 0 radical (unpaired) electrons. The number of halogens is 2. The number of amides is 1. The van der Waals surface area contributed by atoms with E-state index in [1.54, 1.807) is 0 Å². The van der Waals surface area contributed by atoms with E-state index >= 15 is 0 Å². The zero-order valence-electron chi connectivity index (χ0n) is 11.7. The summed E-state index contributed by atoms with van der Waals surface area (Å²) in [7, 11) is 0. The molecule has 4 nitrogen and oxygen atoms in total. The summed E-state index contributed by atoms with van der Waals surface area (Å²) in [6.07, 6.45) is 3.09. The fourth-order valence-electron chi connectivity index (χ4n) is 2.12. The van der Waals surface area contributed by atoms with Gasteiger partial charge in [0.15, 0.2) is 11.6 Å². The van der Waals surface area contributed by atoms with Crippen molar-refractivity contribution in [2.75, 3.05) is 13.2 Å². The third-order valence-electron chi connectivity index (χ3n) is 3.60.